The van der Waals surface area contributed by atoms with E-state index in [0.717, 1.165) is 38.8 Å². The van der Waals surface area contributed by atoms with Crippen LogP contribution >= 0.6 is 0 Å². The summed E-state index contributed by atoms with van der Waals surface area (Å²) in [6, 6.07) is 1.55. The second kappa shape index (κ2) is 8.90. The summed E-state index contributed by atoms with van der Waals surface area (Å²) in [5.41, 5.74) is 0. The Kier molecular flexibility index (Phi) is 7.14. The van der Waals surface area contributed by atoms with E-state index in [1.54, 1.807) is 7.11 Å². The maximum atomic E-state index is 5.69. The topological polar surface area (TPSA) is 33.7 Å². The van der Waals surface area contributed by atoms with Gasteiger partial charge in [-0.15, -0.1) is 0 Å². The molecule has 0 aromatic carbocycles. The van der Waals surface area contributed by atoms with Gasteiger partial charge in [-0.3, -0.25) is 4.90 Å². The molecule has 1 N–H and O–H groups in total. The van der Waals surface area contributed by atoms with Crippen molar-refractivity contribution in [1.82, 2.24) is 10.2 Å². The van der Waals surface area contributed by atoms with Crippen molar-refractivity contribution in [2.24, 2.45) is 0 Å². The van der Waals surface area contributed by atoms with Crippen molar-refractivity contribution in [2.75, 3.05) is 46.6 Å². The van der Waals surface area contributed by atoms with Gasteiger partial charge in [0.25, 0.3) is 0 Å². The van der Waals surface area contributed by atoms with Crippen molar-refractivity contribution in [3.05, 3.63) is 0 Å². The molecule has 1 aliphatic heterocycles. The molecule has 1 atom stereocenters. The van der Waals surface area contributed by atoms with Crippen molar-refractivity contribution < 1.29 is 9.47 Å². The lowest BCUT2D eigenvalue weighted by atomic mass is 10.0. The molecule has 0 radical (unpaired) electrons. The van der Waals surface area contributed by atoms with E-state index in [4.69, 9.17) is 9.47 Å². The van der Waals surface area contributed by atoms with Crippen molar-refractivity contribution in [3.63, 3.8) is 0 Å². The van der Waals surface area contributed by atoms with Gasteiger partial charge >= 0.3 is 0 Å². The Morgan fingerprint density at radius 2 is 2.00 bits per heavy atom. The van der Waals surface area contributed by atoms with E-state index >= 15 is 0 Å². The molecule has 0 aromatic heterocycles. The Morgan fingerprint density at radius 3 is 2.68 bits per heavy atom. The summed E-state index contributed by atoms with van der Waals surface area (Å²) in [6.07, 6.45) is 7.86. The van der Waals surface area contributed by atoms with Crippen LogP contribution in [0.4, 0.5) is 0 Å². The normalized spacial score (nSPS) is 24.0. The van der Waals surface area contributed by atoms with Crippen molar-refractivity contribution in [2.45, 2.75) is 50.6 Å². The summed E-state index contributed by atoms with van der Waals surface area (Å²) in [5.74, 6) is 0. The molecule has 0 bridgehead atoms. The number of piperidine rings is 1. The molecule has 1 saturated carbocycles. The highest BCUT2D eigenvalue weighted by Gasteiger charge is 2.30. The van der Waals surface area contributed by atoms with Crippen LogP contribution in [0.3, 0.4) is 0 Å². The molecule has 2 fully saturated rings. The van der Waals surface area contributed by atoms with Gasteiger partial charge in [0.2, 0.25) is 0 Å². The number of methoxy groups -OCH3 is 1. The zero-order chi connectivity index (χ0) is 13.3. The predicted octanol–water partition coefficient (Wildman–Crippen LogP) is 1.65. The number of hydrogen-bond donors (Lipinski definition) is 1. The maximum Gasteiger partial charge on any atom is 0.0593 e. The number of rotatable bonds is 10. The summed E-state index contributed by atoms with van der Waals surface area (Å²) < 4.78 is 10.7. The number of hydrogen-bond acceptors (Lipinski definition) is 4. The van der Waals surface area contributed by atoms with Gasteiger partial charge in [-0.05, 0) is 38.6 Å². The molecule has 4 heteroatoms. The van der Waals surface area contributed by atoms with E-state index in [1.165, 1.54) is 45.2 Å². The zero-order valence-electron chi connectivity index (χ0n) is 12.4. The Hall–Kier alpha value is -0.160. The van der Waals surface area contributed by atoms with E-state index in [1.807, 2.05) is 0 Å². The number of nitrogens with zero attached hydrogens (tertiary/aromatic N) is 1. The fraction of sp³-hybridized carbons (Fsp3) is 1.00. The summed E-state index contributed by atoms with van der Waals surface area (Å²) in [4.78, 5) is 2.64. The maximum absolute atomic E-state index is 5.69. The highest BCUT2D eigenvalue weighted by molar-refractivity contribution is 4.87. The highest BCUT2D eigenvalue weighted by Crippen LogP contribution is 2.27. The van der Waals surface area contributed by atoms with Crippen molar-refractivity contribution >= 4 is 0 Å². The van der Waals surface area contributed by atoms with Crippen molar-refractivity contribution in [3.8, 4) is 0 Å². The first-order valence-electron chi connectivity index (χ1n) is 7.94. The quantitative estimate of drug-likeness (QED) is 0.612. The second-order valence-electron chi connectivity index (χ2n) is 5.83. The lowest BCUT2D eigenvalue weighted by Crippen LogP contribution is -2.45. The second-order valence-corrected chi connectivity index (χ2v) is 5.83. The van der Waals surface area contributed by atoms with Gasteiger partial charge in [-0.1, -0.05) is 6.42 Å². The van der Waals surface area contributed by atoms with Crippen LogP contribution in [0, 0.1) is 0 Å². The molecule has 4 nitrogen and oxygen atoms in total. The number of nitrogens with one attached hydrogen (secondary N) is 1. The lowest BCUT2D eigenvalue weighted by Gasteiger charge is -2.30. The fourth-order valence-electron chi connectivity index (χ4n) is 2.81. The predicted molar refractivity (Wildman–Crippen MR) is 77.5 cm³/mol. The summed E-state index contributed by atoms with van der Waals surface area (Å²) >= 11 is 0. The molecule has 1 unspecified atom stereocenters. The van der Waals surface area contributed by atoms with Crippen LogP contribution in [0.5, 0.6) is 0 Å². The van der Waals surface area contributed by atoms with Crippen molar-refractivity contribution in [1.29, 1.82) is 0 Å². The first kappa shape index (κ1) is 15.2. The Balaban J connectivity index is 1.57. The minimum absolute atomic E-state index is 0.711. The van der Waals surface area contributed by atoms with Crippen LogP contribution in [0.2, 0.25) is 0 Å². The van der Waals surface area contributed by atoms with Gasteiger partial charge in [0.15, 0.2) is 0 Å². The van der Waals surface area contributed by atoms with Crippen LogP contribution < -0.4 is 5.32 Å². The van der Waals surface area contributed by atoms with E-state index < -0.39 is 0 Å². The Morgan fingerprint density at radius 1 is 1.11 bits per heavy atom. The molecule has 0 spiro atoms. The first-order chi connectivity index (χ1) is 9.40. The van der Waals surface area contributed by atoms with Crippen LogP contribution in [-0.4, -0.2) is 63.5 Å². The largest absolute Gasteiger partial charge is 0.385 e. The summed E-state index contributed by atoms with van der Waals surface area (Å²) in [6.45, 7) is 6.01. The zero-order valence-corrected chi connectivity index (χ0v) is 12.4. The first-order valence-corrected chi connectivity index (χ1v) is 7.94. The molecule has 2 rings (SSSR count). The monoisotopic (exact) mass is 270 g/mol. The molecule has 1 aliphatic carbocycles. The average molecular weight is 270 g/mol. The molecule has 112 valence electrons. The van der Waals surface area contributed by atoms with Crippen LogP contribution in [-0.2, 0) is 9.47 Å². The van der Waals surface area contributed by atoms with E-state index in [2.05, 4.69) is 10.2 Å². The summed E-state index contributed by atoms with van der Waals surface area (Å²) in [7, 11) is 1.74. The molecular formula is C15H30N2O2. The molecule has 19 heavy (non-hydrogen) atoms. The van der Waals surface area contributed by atoms with Gasteiger partial charge < -0.3 is 14.8 Å². The van der Waals surface area contributed by atoms with E-state index in [-0.39, 0.29) is 0 Å². The highest BCUT2D eigenvalue weighted by atomic mass is 16.5. The lowest BCUT2D eigenvalue weighted by molar-refractivity contribution is 0.0781. The van der Waals surface area contributed by atoms with Crippen LogP contribution in [0.1, 0.15) is 38.5 Å². The third-order valence-electron chi connectivity index (χ3n) is 4.09. The van der Waals surface area contributed by atoms with Crippen LogP contribution in [0.25, 0.3) is 0 Å². The van der Waals surface area contributed by atoms with E-state index in [0.29, 0.717) is 6.04 Å². The average Bonchev–Trinajstić information content (AvgIpc) is 3.27. The smallest absolute Gasteiger partial charge is 0.0593 e. The van der Waals surface area contributed by atoms with Gasteiger partial charge in [0.1, 0.15) is 0 Å². The summed E-state index contributed by atoms with van der Waals surface area (Å²) in [5, 5.41) is 3.65. The third kappa shape index (κ3) is 6.21. The molecule has 2 aliphatic rings. The minimum atomic E-state index is 0.711. The minimum Gasteiger partial charge on any atom is -0.385 e. The van der Waals surface area contributed by atoms with Gasteiger partial charge in [0.05, 0.1) is 6.61 Å². The standard InChI is InChI=1S/C15H30N2O2/c1-18-10-4-11-19-12-9-17(15-6-7-15)13-14-5-2-3-8-16-14/h14-16H,2-13H2,1H3. The Labute approximate surface area is 117 Å². The van der Waals surface area contributed by atoms with Gasteiger partial charge in [-0.25, -0.2) is 0 Å². The molecule has 0 aromatic rings. The fourth-order valence-corrected chi connectivity index (χ4v) is 2.81. The molecular weight excluding hydrogens is 240 g/mol. The van der Waals surface area contributed by atoms with Crippen LogP contribution in [0.15, 0.2) is 0 Å². The number of ether oxygens (including phenoxy) is 2. The SMILES string of the molecule is COCCCOCCN(CC1CCCCN1)C1CC1. The molecule has 0 amide bonds. The third-order valence-corrected chi connectivity index (χ3v) is 4.09. The molecule has 1 heterocycles. The van der Waals surface area contributed by atoms with E-state index in [9.17, 15) is 0 Å². The van der Waals surface area contributed by atoms with Gasteiger partial charge in [0, 0.05) is 45.5 Å². The van der Waals surface area contributed by atoms with Gasteiger partial charge in [-0.2, -0.15) is 0 Å². The Bertz CT molecular complexity index is 228. The molecule has 1 saturated heterocycles.